The third-order valence-electron chi connectivity index (χ3n) is 13.8. The molecular weight excluding hydrogens is 1220 g/mol. The van der Waals surface area contributed by atoms with E-state index in [-0.39, 0.29) is 102 Å². The second-order valence-electron chi connectivity index (χ2n) is 19.4. The van der Waals surface area contributed by atoms with Gasteiger partial charge in [-0.1, -0.05) is 102 Å². The maximum absolute atomic E-state index is 12.6. The molecule has 12 rings (SSSR count). The van der Waals surface area contributed by atoms with Crippen molar-refractivity contribution < 1.29 is 83.7 Å². The van der Waals surface area contributed by atoms with Crippen molar-refractivity contribution >= 4 is 127 Å². The number of carbonyl (C=O) groups is 5. The molecule has 21 heteroatoms. The average molecular weight is 1290 g/mol. The molecule has 2 saturated heterocycles. The van der Waals surface area contributed by atoms with E-state index in [4.69, 9.17) is 52.2 Å². The monoisotopic (exact) mass is 1290 g/mol. The molecule has 0 spiro atoms. The van der Waals surface area contributed by atoms with Crippen LogP contribution in [0.2, 0.25) is 15.1 Å². The second-order valence-corrected chi connectivity index (χ2v) is 21.1. The molecule has 8 N–H and O–H groups in total. The fourth-order valence-corrected chi connectivity index (χ4v) is 10.2. The van der Waals surface area contributed by atoms with Gasteiger partial charge in [0.1, 0.15) is 11.6 Å². The van der Waals surface area contributed by atoms with E-state index >= 15 is 0 Å². The molecule has 4 aliphatic rings. The number of nitrogen functional groups attached to an aromatic ring is 1. The van der Waals surface area contributed by atoms with E-state index in [0.29, 0.717) is 47.9 Å². The largest absolute Gasteiger partial charge is 1.00 e. The van der Waals surface area contributed by atoms with Crippen molar-refractivity contribution in [3.8, 4) is 0 Å². The van der Waals surface area contributed by atoms with Crippen molar-refractivity contribution in [2.24, 2.45) is 5.84 Å². The number of hydrogen-bond acceptors (Lipinski definition) is 10. The van der Waals surface area contributed by atoms with Gasteiger partial charge in [-0.2, -0.15) is 0 Å². The van der Waals surface area contributed by atoms with Crippen LogP contribution in [0.4, 0.5) is 5.69 Å². The topological polar surface area (TPSA) is 216 Å². The Morgan fingerprint density at radius 2 is 0.905 bits per heavy atom. The van der Waals surface area contributed by atoms with Crippen molar-refractivity contribution in [1.29, 1.82) is 0 Å². The molecule has 0 unspecified atom stereocenters. The van der Waals surface area contributed by atoms with E-state index in [1.165, 1.54) is 38.8 Å². The Kier molecular flexibility index (Phi) is 34.4. The zero-order valence-corrected chi connectivity index (χ0v) is 54.7. The summed E-state index contributed by atoms with van der Waals surface area (Å²) in [5.41, 5.74) is 13.0. The van der Waals surface area contributed by atoms with Crippen LogP contribution >= 0.6 is 71.2 Å². The molecule has 0 atom stereocenters. The number of fused-ring (bicyclic) bond motifs is 6. The van der Waals surface area contributed by atoms with Crippen LogP contribution in [0.25, 0.3) is 21.8 Å². The van der Waals surface area contributed by atoms with Crippen molar-refractivity contribution in [2.75, 3.05) is 57.8 Å². The number of ketones is 2. The van der Waals surface area contributed by atoms with Crippen LogP contribution in [0, 0.1) is 0 Å². The number of hydrazine groups is 1. The molecule has 446 valence electrons. The number of benzene rings is 6. The average Bonchev–Trinajstić information content (AvgIpc) is 3.75. The number of anilines is 1. The normalized spacial score (nSPS) is 14.2. The van der Waals surface area contributed by atoms with Gasteiger partial charge in [0, 0.05) is 151 Å². The Morgan fingerprint density at radius 1 is 0.476 bits per heavy atom. The first kappa shape index (κ1) is 73.6. The SMILES string of the molecule is Cl.Cl.Clc1ccc2[nH]c3c(c2c1)CCNCC3.NNc1ccc(Cl)cc1.O=C(Cl)c1ccccc1.O=C(c1ccccc1)N1CCc2[nH]c3ccc(Cl)cc3c2CC1.O=C1CCCN(C(=O)c2ccccc2)CC1.O=C1CCCNCC1.[HH].[HH].[K+].[OH-]. The summed E-state index contributed by atoms with van der Waals surface area (Å²) in [6, 6.07) is 46.7. The summed E-state index contributed by atoms with van der Waals surface area (Å²) in [4.78, 5) is 67.7. The Morgan fingerprint density at radius 3 is 1.44 bits per heavy atom. The van der Waals surface area contributed by atoms with E-state index in [2.05, 4.69) is 38.2 Å². The summed E-state index contributed by atoms with van der Waals surface area (Å²) >= 11 is 22.9. The first-order chi connectivity index (χ1) is 38.9. The van der Waals surface area contributed by atoms with Crippen molar-refractivity contribution in [3.05, 3.63) is 206 Å². The van der Waals surface area contributed by atoms with E-state index in [1.54, 1.807) is 41.3 Å². The van der Waals surface area contributed by atoms with Gasteiger partial charge in [0.2, 0.25) is 0 Å². The number of hydrogen-bond donors (Lipinski definition) is 6. The van der Waals surface area contributed by atoms with E-state index < -0.39 is 5.24 Å². The summed E-state index contributed by atoms with van der Waals surface area (Å²) in [5.74, 6) is 5.93. The van der Waals surface area contributed by atoms with Gasteiger partial charge in [-0.05, 0) is 146 Å². The van der Waals surface area contributed by atoms with Gasteiger partial charge in [0.05, 0.1) is 0 Å². The van der Waals surface area contributed by atoms with Gasteiger partial charge < -0.3 is 41.3 Å². The van der Waals surface area contributed by atoms with Gasteiger partial charge >= 0.3 is 51.4 Å². The second kappa shape index (κ2) is 39.2. The van der Waals surface area contributed by atoms with Crippen molar-refractivity contribution in [3.63, 3.8) is 0 Å². The number of aromatic nitrogens is 2. The molecule has 84 heavy (non-hydrogen) atoms. The number of Topliss-reactive ketones (excluding diaryl/α,β-unsaturated/α-hetero) is 2. The van der Waals surface area contributed by atoms with Gasteiger partial charge in [-0.25, -0.2) is 0 Å². The number of likely N-dealkylation sites (tertiary alicyclic amines) is 1. The Bertz CT molecular complexity index is 3310. The molecule has 2 amide bonds. The standard InChI is InChI=1S/C19H17ClN2O.C13H15NO2.C12H13ClN2.C7H5ClO.C6H7ClN2.C6H11NO.2ClH.K.H2O.2H2/c20-14-6-7-17-16(12-14)15-8-10-22(11-9-18(15)21-17)19(23)13-4-2-1-3-5-13;15-12-7-4-9-14(10-8-12)13(16)11-5-2-1-3-6-11;13-8-1-2-11-10(7-8)9-3-5-14-6-4-12(9)15-11;8-7(9)6-4-2-1-3-5-6;7-5-1-3-6(9-8)4-2-5;8-6-2-1-4-7-5-3-6;;;;;;/h1-7,12,21H,8-11H2;1-3,5-6H,4,7-10H2;1-2,7,14-15H,3-6H2;1-5H;1-4,9H,8H2;7H,1-5H2;2*1H;;1H2;2*1H/q;;;;;;;;+1;;;/p-1. The number of carbonyl (C=O) groups excluding carboxylic acids is 5. The quantitative estimate of drug-likeness (QED) is 0.0424. The van der Waals surface area contributed by atoms with E-state index in [9.17, 15) is 24.0 Å². The van der Waals surface area contributed by atoms with Crippen LogP contribution in [-0.4, -0.2) is 106 Å². The number of aromatic amines is 2. The summed E-state index contributed by atoms with van der Waals surface area (Å²) in [6.45, 7) is 6.76. The zero-order valence-electron chi connectivity index (χ0n) is 47.0. The van der Waals surface area contributed by atoms with Gasteiger partial charge in [0.25, 0.3) is 17.1 Å². The number of amides is 2. The molecule has 8 aromatic rings. The van der Waals surface area contributed by atoms with Crippen molar-refractivity contribution in [2.45, 2.75) is 64.2 Å². The molecule has 2 fully saturated rings. The van der Waals surface area contributed by atoms with Gasteiger partial charge in [0.15, 0.2) is 0 Å². The van der Waals surface area contributed by atoms with Crippen LogP contribution in [0.5, 0.6) is 0 Å². The number of halogens is 6. The molecule has 6 heterocycles. The predicted octanol–water partition coefficient (Wildman–Crippen LogP) is 10.6. The molecule has 4 aliphatic heterocycles. The number of nitrogens with two attached hydrogens (primary N) is 1. The third kappa shape index (κ3) is 23.2. The summed E-state index contributed by atoms with van der Waals surface area (Å²) in [7, 11) is 0. The summed E-state index contributed by atoms with van der Waals surface area (Å²) < 4.78 is 0. The maximum atomic E-state index is 12.6. The minimum Gasteiger partial charge on any atom is -0.870 e. The maximum Gasteiger partial charge on any atom is 1.00 e. The number of rotatable bonds is 4. The smallest absolute Gasteiger partial charge is 0.870 e. The first-order valence-corrected chi connectivity index (χ1v) is 28.6. The van der Waals surface area contributed by atoms with Crippen LogP contribution in [0.3, 0.4) is 0 Å². The minimum atomic E-state index is -0.407. The van der Waals surface area contributed by atoms with Gasteiger partial charge in [-0.15, -0.1) is 24.8 Å². The summed E-state index contributed by atoms with van der Waals surface area (Å²) in [6.07, 6.45) is 8.33. The van der Waals surface area contributed by atoms with Crippen LogP contribution in [0.1, 0.15) is 95.0 Å². The number of nitrogens with one attached hydrogen (secondary N) is 5. The predicted molar refractivity (Wildman–Crippen MR) is 346 cm³/mol. The molecule has 2 aromatic heterocycles. The molecule has 0 bridgehead atoms. The molecule has 6 aromatic carbocycles. The number of H-pyrrole nitrogens is 2. The molecule has 14 nitrogen and oxygen atoms in total. The molecular formula is C63H75Cl6KN8O6. The Hall–Kier alpha value is -4.63. The fourth-order valence-electron chi connectivity index (χ4n) is 9.61. The Balaban J connectivity index is 0.000000529. The zero-order chi connectivity index (χ0) is 56.6. The Labute approximate surface area is 569 Å². The van der Waals surface area contributed by atoms with Crippen LogP contribution < -0.4 is 73.3 Å². The van der Waals surface area contributed by atoms with Crippen LogP contribution in [-0.2, 0) is 35.3 Å². The molecule has 0 radical (unpaired) electrons. The van der Waals surface area contributed by atoms with Crippen molar-refractivity contribution in [1.82, 2.24) is 30.4 Å². The molecule has 0 saturated carbocycles. The van der Waals surface area contributed by atoms with E-state index in [0.717, 1.165) is 117 Å². The first-order valence-electron chi connectivity index (χ1n) is 27.0. The molecule has 0 aliphatic carbocycles. The minimum absolute atomic E-state index is 0. The van der Waals surface area contributed by atoms with E-state index in [1.807, 2.05) is 108 Å². The fraction of sp³-hybridized carbons (Fsp3) is 0.286. The third-order valence-corrected chi connectivity index (χ3v) is 14.8. The summed E-state index contributed by atoms with van der Waals surface area (Å²) in [5, 5.41) is 10.9. The van der Waals surface area contributed by atoms with Crippen LogP contribution in [0.15, 0.2) is 152 Å². The number of nitrogens with zero attached hydrogens (tertiary/aromatic N) is 2. The van der Waals surface area contributed by atoms with Gasteiger partial charge in [-0.3, -0.25) is 29.8 Å².